The lowest BCUT2D eigenvalue weighted by Crippen LogP contribution is -1.98. The van der Waals surface area contributed by atoms with Gasteiger partial charge in [-0.2, -0.15) is 0 Å². The van der Waals surface area contributed by atoms with Crippen molar-refractivity contribution >= 4 is 11.5 Å². The molecule has 0 fully saturated rings. The molecule has 3 N–H and O–H groups in total. The van der Waals surface area contributed by atoms with E-state index >= 15 is 0 Å². The number of nitrogens with zero attached hydrogens (tertiary/aromatic N) is 2. The minimum absolute atomic E-state index is 0.0196. The molecule has 1 aromatic heterocycles. The van der Waals surface area contributed by atoms with Crippen LogP contribution in [0.5, 0.6) is 5.75 Å². The van der Waals surface area contributed by atoms with Gasteiger partial charge in [0.2, 0.25) is 0 Å². The van der Waals surface area contributed by atoms with Crippen molar-refractivity contribution in [1.82, 2.24) is 9.97 Å². The van der Waals surface area contributed by atoms with Gasteiger partial charge in [0, 0.05) is 11.3 Å². The maximum atomic E-state index is 10.6. The van der Waals surface area contributed by atoms with Crippen molar-refractivity contribution in [1.29, 1.82) is 0 Å². The highest BCUT2D eigenvalue weighted by Crippen LogP contribution is 2.36. The zero-order valence-electron chi connectivity index (χ0n) is 14.8. The normalized spacial score (nSPS) is 19.4. The molecule has 0 amide bonds. The Morgan fingerprint density at radius 1 is 1.16 bits per heavy atom. The molecule has 1 unspecified atom stereocenters. The van der Waals surface area contributed by atoms with E-state index in [1.54, 1.807) is 12.1 Å². The second kappa shape index (κ2) is 6.18. The highest BCUT2D eigenvalue weighted by Gasteiger charge is 2.20. The first-order valence-electron chi connectivity index (χ1n) is 8.68. The predicted molar refractivity (Wildman–Crippen MR) is 96.9 cm³/mol. The van der Waals surface area contributed by atoms with Gasteiger partial charge in [0.05, 0.1) is 7.45 Å². The minimum atomic E-state index is -1.51. The summed E-state index contributed by atoms with van der Waals surface area (Å²) in [5, 5.41) is 23.7. The Labute approximate surface area is 147 Å². The number of nitrogens with one attached hydrogen (secondary N) is 1. The van der Waals surface area contributed by atoms with E-state index in [1.165, 1.54) is 6.33 Å². The van der Waals surface area contributed by atoms with E-state index in [2.05, 4.69) is 15.3 Å². The first kappa shape index (κ1) is 14.4. The number of hydrogen-bond acceptors (Lipinski definition) is 5. The van der Waals surface area contributed by atoms with Crippen molar-refractivity contribution in [2.45, 2.75) is 25.8 Å². The number of fused-ring (bicyclic) bond motifs is 1. The van der Waals surface area contributed by atoms with Gasteiger partial charge in [-0.1, -0.05) is 35.9 Å². The van der Waals surface area contributed by atoms with Crippen LogP contribution in [0.15, 0.2) is 48.8 Å². The molecule has 3 aromatic rings. The number of hydrogen-bond donors (Lipinski definition) is 3. The predicted octanol–water partition coefficient (Wildman–Crippen LogP) is 3.88. The lowest BCUT2D eigenvalue weighted by molar-refractivity contribution is 0.180. The molecule has 5 heteroatoms. The standard InChI is InChI=1S/C20H19N3O2/c1-12-2-4-13(5-3-12)18-19(25)20(22-11-21-18)23-15-7-8-16-14(10-15)6-9-17(16)24/h2-5,7-8,10-11,17,24-25H,6,9H2,1H3,(H,21,22,23)/i17D. The molecule has 1 heterocycles. The van der Waals surface area contributed by atoms with Crippen LogP contribution in [-0.2, 0) is 6.42 Å². The van der Waals surface area contributed by atoms with Gasteiger partial charge in [-0.05, 0) is 43.0 Å². The van der Waals surface area contributed by atoms with Crippen molar-refractivity contribution < 1.29 is 11.6 Å². The monoisotopic (exact) mass is 334 g/mol. The highest BCUT2D eigenvalue weighted by molar-refractivity contribution is 5.74. The van der Waals surface area contributed by atoms with E-state index in [9.17, 15) is 10.2 Å². The summed E-state index contributed by atoms with van der Waals surface area (Å²) in [6.45, 7) is 2.00. The fourth-order valence-electron chi connectivity index (χ4n) is 3.08. The number of aromatic nitrogens is 2. The maximum Gasteiger partial charge on any atom is 0.185 e. The van der Waals surface area contributed by atoms with Gasteiger partial charge in [0.25, 0.3) is 0 Å². The fourth-order valence-corrected chi connectivity index (χ4v) is 3.08. The molecule has 5 nitrogen and oxygen atoms in total. The molecule has 1 aliphatic carbocycles. The van der Waals surface area contributed by atoms with Crippen LogP contribution in [0.25, 0.3) is 11.3 Å². The summed E-state index contributed by atoms with van der Waals surface area (Å²) in [6, 6.07) is 13.2. The molecule has 1 aliphatic rings. The number of anilines is 2. The third-order valence-electron chi connectivity index (χ3n) is 4.46. The Hall–Kier alpha value is -2.92. The average Bonchev–Trinajstić information content (AvgIpc) is 2.92. The summed E-state index contributed by atoms with van der Waals surface area (Å²) in [4.78, 5) is 8.34. The molecule has 0 saturated carbocycles. The van der Waals surface area contributed by atoms with Gasteiger partial charge in [-0.3, -0.25) is 0 Å². The molecular weight excluding hydrogens is 314 g/mol. The zero-order valence-corrected chi connectivity index (χ0v) is 13.8. The summed E-state index contributed by atoms with van der Waals surface area (Å²) in [5.41, 5.74) is 4.71. The molecule has 0 aliphatic heterocycles. The molecule has 0 spiro atoms. The van der Waals surface area contributed by atoms with Crippen LogP contribution < -0.4 is 5.32 Å². The van der Waals surface area contributed by atoms with E-state index < -0.39 is 6.08 Å². The minimum Gasteiger partial charge on any atom is -0.503 e. The highest BCUT2D eigenvalue weighted by atomic mass is 16.3. The molecule has 4 rings (SSSR count). The molecule has 1 atom stereocenters. The number of aromatic hydroxyl groups is 1. The van der Waals surface area contributed by atoms with Gasteiger partial charge >= 0.3 is 0 Å². The van der Waals surface area contributed by atoms with Gasteiger partial charge < -0.3 is 15.5 Å². The van der Waals surface area contributed by atoms with Crippen LogP contribution in [0.3, 0.4) is 0 Å². The second-order valence-electron chi connectivity index (χ2n) is 6.23. The third kappa shape index (κ3) is 2.94. The molecule has 25 heavy (non-hydrogen) atoms. The van der Waals surface area contributed by atoms with Crippen molar-refractivity contribution in [2.24, 2.45) is 0 Å². The lowest BCUT2D eigenvalue weighted by Gasteiger charge is -2.12. The van der Waals surface area contributed by atoms with Crippen molar-refractivity contribution in [3.8, 4) is 17.0 Å². The lowest BCUT2D eigenvalue weighted by atomic mass is 10.1. The number of aliphatic hydroxyl groups is 1. The van der Waals surface area contributed by atoms with Crippen molar-refractivity contribution in [3.05, 3.63) is 65.5 Å². The number of aryl methyl sites for hydroxylation is 2. The average molecular weight is 334 g/mol. The Bertz CT molecular complexity index is 971. The molecule has 0 bridgehead atoms. The zero-order chi connectivity index (χ0) is 18.3. The third-order valence-corrected chi connectivity index (χ3v) is 4.46. The Morgan fingerprint density at radius 2 is 1.96 bits per heavy atom. The summed E-state index contributed by atoms with van der Waals surface area (Å²) < 4.78 is 7.91. The molecule has 0 radical (unpaired) electrons. The fraction of sp³-hybridized carbons (Fsp3) is 0.200. The first-order valence-corrected chi connectivity index (χ1v) is 8.18. The Balaban J connectivity index is 1.66. The molecule has 2 aromatic carbocycles. The summed E-state index contributed by atoms with van der Waals surface area (Å²) in [5.74, 6) is 0.295. The van der Waals surface area contributed by atoms with E-state index in [-0.39, 0.29) is 5.75 Å². The quantitative estimate of drug-likeness (QED) is 0.677. The second-order valence-corrected chi connectivity index (χ2v) is 6.23. The van der Waals surface area contributed by atoms with Crippen LogP contribution in [-0.4, -0.2) is 20.2 Å². The Morgan fingerprint density at radius 3 is 2.76 bits per heavy atom. The summed E-state index contributed by atoms with van der Waals surface area (Å²) >= 11 is 0. The molecule has 126 valence electrons. The van der Waals surface area contributed by atoms with Crippen molar-refractivity contribution in [3.63, 3.8) is 0 Å². The van der Waals surface area contributed by atoms with E-state index in [0.29, 0.717) is 29.9 Å². The van der Waals surface area contributed by atoms with Crippen LogP contribution in [0.4, 0.5) is 11.5 Å². The first-order chi connectivity index (χ1) is 12.4. The van der Waals surface area contributed by atoms with Gasteiger partial charge in [-0.15, -0.1) is 0 Å². The number of rotatable bonds is 3. The van der Waals surface area contributed by atoms with Gasteiger partial charge in [0.1, 0.15) is 12.0 Å². The van der Waals surface area contributed by atoms with Gasteiger partial charge in [0.15, 0.2) is 11.6 Å². The van der Waals surface area contributed by atoms with Gasteiger partial charge in [-0.25, -0.2) is 9.97 Å². The van der Waals surface area contributed by atoms with E-state index in [4.69, 9.17) is 1.37 Å². The largest absolute Gasteiger partial charge is 0.503 e. The van der Waals surface area contributed by atoms with E-state index in [1.807, 2.05) is 37.3 Å². The summed E-state index contributed by atoms with van der Waals surface area (Å²) in [7, 11) is 0. The molecule has 0 saturated heterocycles. The Kier molecular flexibility index (Phi) is 3.57. The maximum absolute atomic E-state index is 10.6. The topological polar surface area (TPSA) is 78.3 Å². The van der Waals surface area contributed by atoms with Crippen LogP contribution in [0.2, 0.25) is 0 Å². The van der Waals surface area contributed by atoms with Crippen LogP contribution in [0, 0.1) is 6.92 Å². The summed E-state index contributed by atoms with van der Waals surface area (Å²) in [6.07, 6.45) is 0.939. The SMILES string of the molecule is [2H]C1(O)CCc2cc(Nc3ncnc(-c4ccc(C)cc4)c3O)ccc21. The van der Waals surface area contributed by atoms with Crippen LogP contribution in [0.1, 0.15) is 30.6 Å². The number of benzene rings is 2. The molecular formula is C20H19N3O2. The van der Waals surface area contributed by atoms with Crippen molar-refractivity contribution in [2.75, 3.05) is 5.32 Å². The van der Waals surface area contributed by atoms with E-state index in [0.717, 1.165) is 22.4 Å². The van der Waals surface area contributed by atoms with Crippen LogP contribution >= 0.6 is 0 Å². The smallest absolute Gasteiger partial charge is 0.185 e.